The van der Waals surface area contributed by atoms with E-state index in [9.17, 15) is 17.6 Å². The Morgan fingerprint density at radius 1 is 1.07 bits per heavy atom. The van der Waals surface area contributed by atoms with Gasteiger partial charge in [0, 0.05) is 29.5 Å². The maximum Gasteiger partial charge on any atom is 0.255 e. The Labute approximate surface area is 166 Å². The standard InChI is InChI=1S/C19H15ClFN3O3S/c20-15-3-1-2-14(10-15)19(25)24-18-5-4-16(11-17(18)21)28(26,27)23-12-13-6-8-22-9-7-13/h1-11,23H,12H2,(H,24,25). The maximum absolute atomic E-state index is 14.4. The lowest BCUT2D eigenvalue weighted by Gasteiger charge is -2.10. The second kappa shape index (κ2) is 8.47. The van der Waals surface area contributed by atoms with Crippen molar-refractivity contribution in [2.45, 2.75) is 11.4 Å². The zero-order valence-electron chi connectivity index (χ0n) is 14.4. The monoisotopic (exact) mass is 419 g/mol. The van der Waals surface area contributed by atoms with Gasteiger partial charge in [0.15, 0.2) is 0 Å². The highest BCUT2D eigenvalue weighted by molar-refractivity contribution is 7.89. The maximum atomic E-state index is 14.4. The third-order valence-corrected chi connectivity index (χ3v) is 5.44. The number of anilines is 1. The van der Waals surface area contributed by atoms with Crippen molar-refractivity contribution in [3.63, 3.8) is 0 Å². The summed E-state index contributed by atoms with van der Waals surface area (Å²) in [5.41, 5.74) is 0.824. The molecule has 0 saturated heterocycles. The summed E-state index contributed by atoms with van der Waals surface area (Å²) >= 11 is 5.84. The molecule has 0 aliphatic rings. The highest BCUT2D eigenvalue weighted by Crippen LogP contribution is 2.20. The Kier molecular flexibility index (Phi) is 6.03. The molecule has 0 atom stereocenters. The Morgan fingerprint density at radius 2 is 1.82 bits per heavy atom. The number of nitrogens with one attached hydrogen (secondary N) is 2. The molecule has 0 radical (unpaired) electrons. The van der Waals surface area contributed by atoms with E-state index in [1.165, 1.54) is 24.3 Å². The van der Waals surface area contributed by atoms with Crippen LogP contribution >= 0.6 is 11.6 Å². The number of sulfonamides is 1. The lowest BCUT2D eigenvalue weighted by Crippen LogP contribution is -2.23. The van der Waals surface area contributed by atoms with Gasteiger partial charge >= 0.3 is 0 Å². The van der Waals surface area contributed by atoms with Crippen LogP contribution in [0.25, 0.3) is 0 Å². The predicted molar refractivity (Wildman–Crippen MR) is 104 cm³/mol. The average molecular weight is 420 g/mol. The summed E-state index contributed by atoms with van der Waals surface area (Å²) in [6.07, 6.45) is 3.08. The second-order valence-corrected chi connectivity index (χ2v) is 7.99. The number of aromatic nitrogens is 1. The second-order valence-electron chi connectivity index (χ2n) is 5.79. The van der Waals surface area contributed by atoms with Crippen molar-refractivity contribution in [3.05, 3.63) is 89.0 Å². The van der Waals surface area contributed by atoms with Crippen LogP contribution in [0, 0.1) is 5.82 Å². The predicted octanol–water partition coefficient (Wildman–Crippen LogP) is 3.60. The molecule has 0 aliphatic heterocycles. The summed E-state index contributed by atoms with van der Waals surface area (Å²) in [4.78, 5) is 15.8. The van der Waals surface area contributed by atoms with Crippen molar-refractivity contribution in [2.75, 3.05) is 5.32 Å². The van der Waals surface area contributed by atoms with Gasteiger partial charge in [0.1, 0.15) is 5.82 Å². The fourth-order valence-corrected chi connectivity index (χ4v) is 3.57. The number of amides is 1. The smallest absolute Gasteiger partial charge is 0.255 e. The van der Waals surface area contributed by atoms with Crippen LogP contribution in [0.1, 0.15) is 15.9 Å². The lowest BCUT2D eigenvalue weighted by atomic mass is 10.2. The third kappa shape index (κ3) is 4.92. The molecule has 28 heavy (non-hydrogen) atoms. The van der Waals surface area contributed by atoms with E-state index in [2.05, 4.69) is 15.0 Å². The van der Waals surface area contributed by atoms with Crippen LogP contribution in [0.3, 0.4) is 0 Å². The highest BCUT2D eigenvalue weighted by Gasteiger charge is 2.17. The summed E-state index contributed by atoms with van der Waals surface area (Å²) in [5, 5.41) is 2.77. The SMILES string of the molecule is O=C(Nc1ccc(S(=O)(=O)NCc2ccncc2)cc1F)c1cccc(Cl)c1. The molecule has 1 amide bonds. The molecule has 3 rings (SSSR count). The Bertz CT molecular complexity index is 1110. The number of halogens is 2. The van der Waals surface area contributed by atoms with Gasteiger partial charge in [-0.3, -0.25) is 9.78 Å². The van der Waals surface area contributed by atoms with Crippen LogP contribution in [-0.2, 0) is 16.6 Å². The van der Waals surface area contributed by atoms with Crippen molar-refractivity contribution in [2.24, 2.45) is 0 Å². The first-order chi connectivity index (χ1) is 13.3. The number of carbonyl (C=O) groups is 1. The zero-order valence-corrected chi connectivity index (χ0v) is 16.0. The minimum absolute atomic E-state index is 0.0414. The Hall–Kier alpha value is -2.81. The van der Waals surface area contributed by atoms with Crippen molar-refractivity contribution in [3.8, 4) is 0 Å². The number of hydrogen-bond donors (Lipinski definition) is 2. The number of carbonyl (C=O) groups excluding carboxylic acids is 1. The van der Waals surface area contributed by atoms with Gasteiger partial charge in [0.2, 0.25) is 10.0 Å². The van der Waals surface area contributed by atoms with Crippen LogP contribution in [0.15, 0.2) is 71.9 Å². The number of benzene rings is 2. The van der Waals surface area contributed by atoms with Gasteiger partial charge in [0.05, 0.1) is 10.6 Å². The topological polar surface area (TPSA) is 88.2 Å². The summed E-state index contributed by atoms with van der Waals surface area (Å²) in [6, 6.07) is 12.8. The van der Waals surface area contributed by atoms with Gasteiger partial charge in [0.25, 0.3) is 5.91 Å². The summed E-state index contributed by atoms with van der Waals surface area (Å²) < 4.78 is 41.5. The molecule has 144 valence electrons. The van der Waals surface area contributed by atoms with Crippen LogP contribution in [0.5, 0.6) is 0 Å². The molecule has 6 nitrogen and oxygen atoms in total. The molecule has 0 saturated carbocycles. The summed E-state index contributed by atoms with van der Waals surface area (Å²) in [7, 11) is -3.92. The first kappa shape index (κ1) is 19.9. The number of rotatable bonds is 6. The van der Waals surface area contributed by atoms with Gasteiger partial charge in [-0.2, -0.15) is 0 Å². The molecule has 0 fully saturated rings. The van der Waals surface area contributed by atoms with E-state index in [-0.39, 0.29) is 22.7 Å². The van der Waals surface area contributed by atoms with Crippen molar-refractivity contribution in [1.82, 2.24) is 9.71 Å². The van der Waals surface area contributed by atoms with Crippen molar-refractivity contribution >= 4 is 33.2 Å². The van der Waals surface area contributed by atoms with E-state index in [1.54, 1.807) is 36.7 Å². The third-order valence-electron chi connectivity index (χ3n) is 3.80. The average Bonchev–Trinajstić information content (AvgIpc) is 2.68. The van der Waals surface area contributed by atoms with E-state index >= 15 is 0 Å². The molecule has 3 aromatic rings. The summed E-state index contributed by atoms with van der Waals surface area (Å²) in [6.45, 7) is 0.0414. The minimum atomic E-state index is -3.92. The lowest BCUT2D eigenvalue weighted by molar-refractivity contribution is 0.102. The van der Waals surface area contributed by atoms with E-state index in [0.29, 0.717) is 10.6 Å². The molecule has 2 N–H and O–H groups in total. The van der Waals surface area contributed by atoms with Crippen LogP contribution in [0.4, 0.5) is 10.1 Å². The fourth-order valence-electron chi connectivity index (χ4n) is 2.35. The van der Waals surface area contributed by atoms with Crippen molar-refractivity contribution < 1.29 is 17.6 Å². The van der Waals surface area contributed by atoms with E-state index < -0.39 is 21.7 Å². The van der Waals surface area contributed by atoms with Gasteiger partial charge in [-0.25, -0.2) is 17.5 Å². The van der Waals surface area contributed by atoms with Gasteiger partial charge in [-0.15, -0.1) is 0 Å². The molecular formula is C19H15ClFN3O3S. The van der Waals surface area contributed by atoms with Crippen LogP contribution < -0.4 is 10.0 Å². The molecule has 0 unspecified atom stereocenters. The molecule has 0 spiro atoms. The number of nitrogens with zero attached hydrogens (tertiary/aromatic N) is 1. The molecule has 1 heterocycles. The van der Waals surface area contributed by atoms with Crippen LogP contribution in [0.2, 0.25) is 5.02 Å². The van der Waals surface area contributed by atoms with Gasteiger partial charge < -0.3 is 5.32 Å². The fraction of sp³-hybridized carbons (Fsp3) is 0.0526. The molecule has 2 aromatic carbocycles. The zero-order chi connectivity index (χ0) is 20.1. The summed E-state index contributed by atoms with van der Waals surface area (Å²) in [5.74, 6) is -1.44. The highest BCUT2D eigenvalue weighted by atomic mass is 35.5. The first-order valence-electron chi connectivity index (χ1n) is 8.10. The van der Waals surface area contributed by atoms with E-state index in [4.69, 9.17) is 11.6 Å². The van der Waals surface area contributed by atoms with E-state index in [0.717, 1.165) is 6.07 Å². The van der Waals surface area contributed by atoms with Gasteiger partial charge in [-0.1, -0.05) is 17.7 Å². The van der Waals surface area contributed by atoms with Crippen molar-refractivity contribution in [1.29, 1.82) is 0 Å². The van der Waals surface area contributed by atoms with Crippen LogP contribution in [-0.4, -0.2) is 19.3 Å². The molecule has 0 bridgehead atoms. The number of pyridine rings is 1. The molecule has 1 aromatic heterocycles. The molecule has 0 aliphatic carbocycles. The minimum Gasteiger partial charge on any atom is -0.319 e. The van der Waals surface area contributed by atoms with Gasteiger partial charge in [-0.05, 0) is 54.1 Å². The molecule has 9 heteroatoms. The molecular weight excluding hydrogens is 405 g/mol. The normalized spacial score (nSPS) is 11.2. The Morgan fingerprint density at radius 3 is 2.50 bits per heavy atom. The first-order valence-corrected chi connectivity index (χ1v) is 9.96. The van der Waals surface area contributed by atoms with E-state index in [1.807, 2.05) is 0 Å². The largest absolute Gasteiger partial charge is 0.319 e. The quantitative estimate of drug-likeness (QED) is 0.639. The Balaban J connectivity index is 1.73. The number of hydrogen-bond acceptors (Lipinski definition) is 4.